The van der Waals surface area contributed by atoms with Crippen LogP contribution in [-0.4, -0.2) is 41.2 Å². The summed E-state index contributed by atoms with van der Waals surface area (Å²) in [5.41, 5.74) is 6.76. The van der Waals surface area contributed by atoms with Gasteiger partial charge in [0.1, 0.15) is 6.04 Å². The van der Waals surface area contributed by atoms with Crippen molar-refractivity contribution in [3.05, 3.63) is 98.5 Å². The maximum absolute atomic E-state index is 13.8. The molecule has 198 valence electrons. The Morgan fingerprint density at radius 3 is 1.82 bits per heavy atom. The van der Waals surface area contributed by atoms with Gasteiger partial charge in [-0.1, -0.05) is 64.5 Å². The van der Waals surface area contributed by atoms with E-state index < -0.39 is 36.4 Å². The molecular weight excluding hydrogens is 560 g/mol. The summed E-state index contributed by atoms with van der Waals surface area (Å²) in [5.74, 6) is -3.67. The quantitative estimate of drug-likeness (QED) is 0.341. The number of imide groups is 1. The number of nitrogens with one attached hydrogen (secondary N) is 1. The monoisotopic (exact) mass is 586 g/mol. The van der Waals surface area contributed by atoms with Crippen molar-refractivity contribution in [1.29, 1.82) is 0 Å². The standard InChI is InChI=1S/C31H27BrN2O5/c1-15-16(2)23(13-12-22(15)32)33-24(35)14-39-31(38)17(3)34-29(36)27-25-18-8-4-5-9-19(18)26(28(27)30(34)37)21-11-7-6-10-20(21)25/h4-13,17,25-28H,14H2,1-3H3,(H,33,35)/t17-,25?,26?,27-,28+/m1/s1. The molecule has 2 bridgehead atoms. The van der Waals surface area contributed by atoms with E-state index in [1.54, 1.807) is 6.07 Å². The summed E-state index contributed by atoms with van der Waals surface area (Å²) in [6.07, 6.45) is 0. The number of halogens is 1. The highest BCUT2D eigenvalue weighted by molar-refractivity contribution is 9.10. The largest absolute Gasteiger partial charge is 0.454 e. The van der Waals surface area contributed by atoms with Crippen molar-refractivity contribution in [2.75, 3.05) is 11.9 Å². The second kappa shape index (κ2) is 9.45. The molecule has 0 spiro atoms. The van der Waals surface area contributed by atoms with Gasteiger partial charge in [-0.25, -0.2) is 4.79 Å². The van der Waals surface area contributed by atoms with Gasteiger partial charge >= 0.3 is 5.97 Å². The van der Waals surface area contributed by atoms with Crippen LogP contribution in [0.4, 0.5) is 5.69 Å². The van der Waals surface area contributed by atoms with E-state index in [1.165, 1.54) is 6.92 Å². The van der Waals surface area contributed by atoms with Crippen LogP contribution < -0.4 is 5.32 Å². The number of esters is 1. The second-order valence-electron chi connectivity index (χ2n) is 10.5. The Hall–Kier alpha value is -3.78. The number of nitrogens with zero attached hydrogens (tertiary/aromatic N) is 1. The van der Waals surface area contributed by atoms with E-state index in [0.29, 0.717) is 5.69 Å². The summed E-state index contributed by atoms with van der Waals surface area (Å²) in [7, 11) is 0. The van der Waals surface area contributed by atoms with Gasteiger partial charge in [-0.2, -0.15) is 0 Å². The molecule has 3 amide bonds. The van der Waals surface area contributed by atoms with E-state index in [4.69, 9.17) is 4.74 Å². The molecule has 0 radical (unpaired) electrons. The van der Waals surface area contributed by atoms with Gasteiger partial charge in [0.15, 0.2) is 6.61 Å². The third-order valence-electron chi connectivity index (χ3n) is 8.55. The molecule has 3 aromatic rings. The smallest absolute Gasteiger partial charge is 0.329 e. The van der Waals surface area contributed by atoms with Gasteiger partial charge in [-0.05, 0) is 66.3 Å². The lowest BCUT2D eigenvalue weighted by Gasteiger charge is -2.45. The van der Waals surface area contributed by atoms with Crippen molar-refractivity contribution in [2.24, 2.45) is 11.8 Å². The second-order valence-corrected chi connectivity index (χ2v) is 11.3. The minimum Gasteiger partial charge on any atom is -0.454 e. The molecule has 1 N–H and O–H groups in total. The fraction of sp³-hybridized carbons (Fsp3) is 0.290. The normalized spacial score (nSPS) is 23.1. The Morgan fingerprint density at radius 1 is 0.846 bits per heavy atom. The fourth-order valence-corrected chi connectivity index (χ4v) is 6.98. The number of carbonyl (C=O) groups is 4. The van der Waals surface area contributed by atoms with E-state index in [1.807, 2.05) is 68.4 Å². The summed E-state index contributed by atoms with van der Waals surface area (Å²) in [6.45, 7) is 4.78. The van der Waals surface area contributed by atoms with Gasteiger partial charge in [0.2, 0.25) is 11.8 Å². The molecule has 0 unspecified atom stereocenters. The highest BCUT2D eigenvalue weighted by Crippen LogP contribution is 2.61. The van der Waals surface area contributed by atoms with Crippen molar-refractivity contribution in [3.8, 4) is 0 Å². The van der Waals surface area contributed by atoms with Crippen LogP contribution in [0.25, 0.3) is 0 Å². The molecule has 4 aliphatic rings. The highest BCUT2D eigenvalue weighted by atomic mass is 79.9. The molecule has 39 heavy (non-hydrogen) atoms. The fourth-order valence-electron chi connectivity index (χ4n) is 6.55. The average Bonchev–Trinajstić information content (AvgIpc) is 3.21. The predicted molar refractivity (Wildman–Crippen MR) is 148 cm³/mol. The van der Waals surface area contributed by atoms with E-state index >= 15 is 0 Å². The van der Waals surface area contributed by atoms with Crippen molar-refractivity contribution in [1.82, 2.24) is 4.90 Å². The third-order valence-corrected chi connectivity index (χ3v) is 9.41. The van der Waals surface area contributed by atoms with E-state index in [-0.39, 0.29) is 23.7 Å². The number of hydrogen-bond donors (Lipinski definition) is 1. The van der Waals surface area contributed by atoms with Gasteiger partial charge in [0, 0.05) is 22.0 Å². The van der Waals surface area contributed by atoms with Crippen molar-refractivity contribution in [2.45, 2.75) is 38.6 Å². The van der Waals surface area contributed by atoms with Crippen LogP contribution in [0.2, 0.25) is 0 Å². The van der Waals surface area contributed by atoms with E-state index in [0.717, 1.165) is 42.8 Å². The number of likely N-dealkylation sites (tertiary alicyclic amines) is 1. The number of carbonyl (C=O) groups excluding carboxylic acids is 4. The van der Waals surface area contributed by atoms with Crippen molar-refractivity contribution in [3.63, 3.8) is 0 Å². The molecule has 8 heteroatoms. The van der Waals surface area contributed by atoms with Crippen LogP contribution in [0.3, 0.4) is 0 Å². The Morgan fingerprint density at radius 2 is 1.33 bits per heavy atom. The van der Waals surface area contributed by atoms with Gasteiger partial charge in [0.25, 0.3) is 5.91 Å². The first-order valence-corrected chi connectivity index (χ1v) is 13.8. The molecule has 0 aromatic heterocycles. The minimum atomic E-state index is -1.15. The van der Waals surface area contributed by atoms with Gasteiger partial charge < -0.3 is 10.1 Å². The lowest BCUT2D eigenvalue weighted by atomic mass is 9.55. The topological polar surface area (TPSA) is 92.8 Å². The van der Waals surface area contributed by atoms with Crippen LogP contribution in [0.1, 0.15) is 52.1 Å². The zero-order chi connectivity index (χ0) is 27.6. The van der Waals surface area contributed by atoms with E-state index in [9.17, 15) is 19.2 Å². The Bertz CT molecular complexity index is 1450. The van der Waals surface area contributed by atoms with Crippen LogP contribution in [0, 0.1) is 25.7 Å². The molecule has 3 atom stereocenters. The minimum absolute atomic E-state index is 0.250. The number of hydrogen-bond acceptors (Lipinski definition) is 5. The van der Waals surface area contributed by atoms with Crippen LogP contribution in [0.5, 0.6) is 0 Å². The first-order valence-electron chi connectivity index (χ1n) is 13.0. The Kier molecular flexibility index (Phi) is 6.18. The zero-order valence-corrected chi connectivity index (χ0v) is 23.3. The summed E-state index contributed by atoms with van der Waals surface area (Å²) in [6, 6.07) is 18.4. The third kappa shape index (κ3) is 3.84. The van der Waals surface area contributed by atoms with Crippen molar-refractivity contribution < 1.29 is 23.9 Å². The summed E-state index contributed by atoms with van der Waals surface area (Å²) in [4.78, 5) is 54.2. The molecule has 7 nitrogen and oxygen atoms in total. The molecule has 7 rings (SSSR count). The van der Waals surface area contributed by atoms with Gasteiger partial charge in [0.05, 0.1) is 11.8 Å². The number of rotatable bonds is 5. The molecule has 1 saturated heterocycles. The summed E-state index contributed by atoms with van der Waals surface area (Å²) in [5, 5.41) is 2.76. The molecule has 3 aromatic carbocycles. The molecule has 1 heterocycles. The van der Waals surface area contributed by atoms with Gasteiger partial charge in [-0.15, -0.1) is 0 Å². The van der Waals surface area contributed by atoms with Crippen LogP contribution >= 0.6 is 15.9 Å². The number of benzene rings is 3. The number of anilines is 1. The van der Waals surface area contributed by atoms with Crippen molar-refractivity contribution >= 4 is 45.3 Å². The first-order chi connectivity index (χ1) is 18.7. The number of ether oxygens (including phenoxy) is 1. The predicted octanol–water partition coefficient (Wildman–Crippen LogP) is 4.83. The maximum atomic E-state index is 13.8. The molecule has 0 saturated carbocycles. The number of amides is 3. The Balaban J connectivity index is 1.20. The summed E-state index contributed by atoms with van der Waals surface area (Å²) >= 11 is 3.46. The average molecular weight is 587 g/mol. The maximum Gasteiger partial charge on any atom is 0.329 e. The lowest BCUT2D eigenvalue weighted by Crippen LogP contribution is -2.45. The zero-order valence-electron chi connectivity index (χ0n) is 21.7. The molecule has 1 fully saturated rings. The van der Waals surface area contributed by atoms with Crippen LogP contribution in [0.15, 0.2) is 65.1 Å². The SMILES string of the molecule is Cc1c(Br)ccc(NC(=O)COC(=O)[C@@H](C)N2C(=O)[C@@H]3C4c5ccccc5C(c5ccccc54)[C@@H]3C2=O)c1C. The first kappa shape index (κ1) is 25.5. The molecule has 1 aliphatic heterocycles. The molecule has 3 aliphatic carbocycles. The lowest BCUT2D eigenvalue weighted by molar-refractivity contribution is -0.159. The Labute approximate surface area is 234 Å². The highest BCUT2D eigenvalue weighted by Gasteiger charge is 2.62. The van der Waals surface area contributed by atoms with Gasteiger partial charge in [-0.3, -0.25) is 19.3 Å². The molecular formula is C31H27BrN2O5. The van der Waals surface area contributed by atoms with E-state index in [2.05, 4.69) is 21.2 Å². The summed E-state index contributed by atoms with van der Waals surface area (Å²) < 4.78 is 6.21. The van der Waals surface area contributed by atoms with Crippen LogP contribution in [-0.2, 0) is 23.9 Å².